The summed E-state index contributed by atoms with van der Waals surface area (Å²) in [6, 6.07) is 7.49. The van der Waals surface area contributed by atoms with Crippen LogP contribution in [0.3, 0.4) is 0 Å². The van der Waals surface area contributed by atoms with E-state index < -0.39 is 11.9 Å². The van der Waals surface area contributed by atoms with Gasteiger partial charge in [-0.05, 0) is 24.6 Å². The minimum Gasteiger partial charge on any atom is -0.497 e. The van der Waals surface area contributed by atoms with Crippen molar-refractivity contribution >= 4 is 17.7 Å². The van der Waals surface area contributed by atoms with E-state index >= 15 is 0 Å². The standard InChI is InChI=1S/C16H17N3O4/c1-9-14(10-3-5-12(23-2)6-4-10)15-17-16(22)11(7-13(20)21)8-19(15)18-9/h3-6,11H,7-8H2,1-2H3,(H,17,22)(H,20,21). The number of amides is 1. The molecule has 7 nitrogen and oxygen atoms in total. The molecule has 0 spiro atoms. The number of carboxylic acid groups (broad SMARTS) is 1. The summed E-state index contributed by atoms with van der Waals surface area (Å²) >= 11 is 0. The Balaban J connectivity index is 1.97. The molecule has 1 aliphatic rings. The van der Waals surface area contributed by atoms with Crippen LogP contribution in [0.2, 0.25) is 0 Å². The van der Waals surface area contributed by atoms with Crippen LogP contribution >= 0.6 is 0 Å². The molecule has 0 bridgehead atoms. The SMILES string of the molecule is COc1ccc(-c2c(C)nn3c2NC(=O)C(CC(=O)O)C3)cc1. The van der Waals surface area contributed by atoms with Crippen molar-refractivity contribution in [2.45, 2.75) is 19.9 Å². The van der Waals surface area contributed by atoms with Crippen LogP contribution in [0.25, 0.3) is 11.1 Å². The number of methoxy groups -OCH3 is 1. The third-order valence-electron chi connectivity index (χ3n) is 3.93. The maximum Gasteiger partial charge on any atom is 0.304 e. The highest BCUT2D eigenvalue weighted by molar-refractivity contribution is 5.98. The molecule has 3 rings (SSSR count). The normalized spacial score (nSPS) is 16.6. The van der Waals surface area contributed by atoms with Gasteiger partial charge >= 0.3 is 5.97 Å². The fourth-order valence-electron chi connectivity index (χ4n) is 2.82. The van der Waals surface area contributed by atoms with E-state index in [1.807, 2.05) is 31.2 Å². The molecule has 1 unspecified atom stereocenters. The molecule has 2 aromatic rings. The lowest BCUT2D eigenvalue weighted by atomic mass is 10.0. The number of nitrogens with one attached hydrogen (secondary N) is 1. The third kappa shape index (κ3) is 2.77. The molecule has 1 aromatic heterocycles. The summed E-state index contributed by atoms with van der Waals surface area (Å²) in [5.41, 5.74) is 2.54. The lowest BCUT2D eigenvalue weighted by Gasteiger charge is -2.23. The van der Waals surface area contributed by atoms with Gasteiger partial charge < -0.3 is 15.2 Å². The van der Waals surface area contributed by atoms with Crippen molar-refractivity contribution in [3.63, 3.8) is 0 Å². The van der Waals surface area contributed by atoms with E-state index in [0.29, 0.717) is 5.82 Å². The van der Waals surface area contributed by atoms with Gasteiger partial charge in [-0.2, -0.15) is 5.10 Å². The van der Waals surface area contributed by atoms with Gasteiger partial charge in [0.2, 0.25) is 5.91 Å². The van der Waals surface area contributed by atoms with Gasteiger partial charge in [-0.3, -0.25) is 9.59 Å². The van der Waals surface area contributed by atoms with Crippen LogP contribution in [0, 0.1) is 12.8 Å². The van der Waals surface area contributed by atoms with Crippen molar-refractivity contribution in [2.24, 2.45) is 5.92 Å². The number of nitrogens with zero attached hydrogens (tertiary/aromatic N) is 2. The lowest BCUT2D eigenvalue weighted by molar-refractivity contribution is -0.140. The number of anilines is 1. The maximum absolute atomic E-state index is 12.2. The molecule has 2 heterocycles. The first-order chi connectivity index (χ1) is 11.0. The van der Waals surface area contributed by atoms with Gasteiger partial charge in [-0.15, -0.1) is 0 Å². The van der Waals surface area contributed by atoms with Gasteiger partial charge in [0.25, 0.3) is 0 Å². The minimum atomic E-state index is -0.993. The van der Waals surface area contributed by atoms with Gasteiger partial charge in [0.1, 0.15) is 11.6 Å². The summed E-state index contributed by atoms with van der Waals surface area (Å²) in [7, 11) is 1.60. The molecule has 2 N–H and O–H groups in total. The van der Waals surface area contributed by atoms with Crippen LogP contribution < -0.4 is 10.1 Å². The highest BCUT2D eigenvalue weighted by atomic mass is 16.5. The third-order valence-corrected chi connectivity index (χ3v) is 3.93. The van der Waals surface area contributed by atoms with Crippen LogP contribution in [0.4, 0.5) is 5.82 Å². The minimum absolute atomic E-state index is 0.206. The number of benzene rings is 1. The Labute approximate surface area is 132 Å². The van der Waals surface area contributed by atoms with Crippen LogP contribution in [0.15, 0.2) is 24.3 Å². The Morgan fingerprint density at radius 1 is 1.43 bits per heavy atom. The topological polar surface area (TPSA) is 93.5 Å². The smallest absolute Gasteiger partial charge is 0.304 e. The molecule has 0 radical (unpaired) electrons. The molecule has 1 aliphatic heterocycles. The van der Waals surface area contributed by atoms with Crippen molar-refractivity contribution in [3.8, 4) is 16.9 Å². The first-order valence-electron chi connectivity index (χ1n) is 7.24. The molecule has 7 heteroatoms. The zero-order valence-corrected chi connectivity index (χ0v) is 12.9. The van der Waals surface area contributed by atoms with Crippen molar-refractivity contribution in [1.29, 1.82) is 0 Å². The average molecular weight is 315 g/mol. The lowest BCUT2D eigenvalue weighted by Crippen LogP contribution is -2.35. The van der Waals surface area contributed by atoms with Gasteiger partial charge in [-0.1, -0.05) is 12.1 Å². The second-order valence-corrected chi connectivity index (χ2v) is 5.50. The number of ether oxygens (including phenoxy) is 1. The number of carbonyl (C=O) groups is 2. The number of aryl methyl sites for hydroxylation is 1. The second kappa shape index (κ2) is 5.75. The fraction of sp³-hybridized carbons (Fsp3) is 0.312. The van der Waals surface area contributed by atoms with Crippen molar-refractivity contribution in [3.05, 3.63) is 30.0 Å². The van der Waals surface area contributed by atoms with E-state index in [9.17, 15) is 9.59 Å². The zero-order valence-electron chi connectivity index (χ0n) is 12.9. The largest absolute Gasteiger partial charge is 0.497 e. The van der Waals surface area contributed by atoms with Gasteiger partial charge in [0, 0.05) is 5.56 Å². The van der Waals surface area contributed by atoms with E-state index in [1.165, 1.54) is 0 Å². The van der Waals surface area contributed by atoms with Crippen molar-refractivity contribution in [2.75, 3.05) is 12.4 Å². The van der Waals surface area contributed by atoms with Crippen LogP contribution in [-0.2, 0) is 16.1 Å². The average Bonchev–Trinajstić information content (AvgIpc) is 2.82. The first-order valence-corrected chi connectivity index (χ1v) is 7.24. The number of aromatic nitrogens is 2. The number of rotatable bonds is 4. The summed E-state index contributed by atoms with van der Waals surface area (Å²) in [4.78, 5) is 23.0. The number of carbonyl (C=O) groups excluding carboxylic acids is 1. The van der Waals surface area contributed by atoms with E-state index in [4.69, 9.17) is 9.84 Å². The van der Waals surface area contributed by atoms with E-state index in [0.717, 1.165) is 22.6 Å². The monoisotopic (exact) mass is 315 g/mol. The summed E-state index contributed by atoms with van der Waals surface area (Å²) in [5, 5.41) is 16.1. The molecule has 0 saturated heterocycles. The molecule has 0 aliphatic carbocycles. The van der Waals surface area contributed by atoms with Crippen molar-refractivity contribution in [1.82, 2.24) is 9.78 Å². The highest BCUT2D eigenvalue weighted by Crippen LogP contribution is 2.35. The summed E-state index contributed by atoms with van der Waals surface area (Å²) in [5.74, 6) is -0.525. The molecular formula is C16H17N3O4. The Bertz CT molecular complexity index is 764. The van der Waals surface area contributed by atoms with Gasteiger partial charge in [0.15, 0.2) is 0 Å². The van der Waals surface area contributed by atoms with Gasteiger partial charge in [-0.25, -0.2) is 4.68 Å². The number of hydrogen-bond donors (Lipinski definition) is 2. The van der Waals surface area contributed by atoms with Crippen LogP contribution in [-0.4, -0.2) is 33.9 Å². The maximum atomic E-state index is 12.2. The first kappa shape index (κ1) is 15.1. The predicted octanol–water partition coefficient (Wildman–Crippen LogP) is 1.91. The molecule has 23 heavy (non-hydrogen) atoms. The second-order valence-electron chi connectivity index (χ2n) is 5.50. The quantitative estimate of drug-likeness (QED) is 0.899. The Morgan fingerprint density at radius 2 is 2.13 bits per heavy atom. The predicted molar refractivity (Wildman–Crippen MR) is 83.3 cm³/mol. The van der Waals surface area contributed by atoms with Crippen molar-refractivity contribution < 1.29 is 19.4 Å². The molecule has 1 aromatic carbocycles. The Kier molecular flexibility index (Phi) is 3.77. The highest BCUT2D eigenvalue weighted by Gasteiger charge is 2.31. The molecule has 1 amide bonds. The Hall–Kier alpha value is -2.83. The summed E-state index contributed by atoms with van der Waals surface area (Å²) in [6.45, 7) is 2.13. The number of hydrogen-bond acceptors (Lipinski definition) is 4. The van der Waals surface area contributed by atoms with Gasteiger partial charge in [0.05, 0.1) is 31.7 Å². The fourth-order valence-corrected chi connectivity index (χ4v) is 2.82. The summed E-state index contributed by atoms with van der Waals surface area (Å²) < 4.78 is 6.82. The van der Waals surface area contributed by atoms with E-state index in [-0.39, 0.29) is 18.9 Å². The van der Waals surface area contributed by atoms with Crippen LogP contribution in [0.1, 0.15) is 12.1 Å². The molecule has 1 atom stereocenters. The summed E-state index contributed by atoms with van der Waals surface area (Å²) in [6.07, 6.45) is -0.206. The van der Waals surface area contributed by atoms with E-state index in [2.05, 4.69) is 10.4 Å². The number of carboxylic acids is 1. The Morgan fingerprint density at radius 3 is 2.74 bits per heavy atom. The number of fused-ring (bicyclic) bond motifs is 1. The van der Waals surface area contributed by atoms with Crippen LogP contribution in [0.5, 0.6) is 5.75 Å². The molecule has 120 valence electrons. The zero-order chi connectivity index (χ0) is 16.6. The molecular weight excluding hydrogens is 298 g/mol. The molecule has 0 fully saturated rings. The van der Waals surface area contributed by atoms with E-state index in [1.54, 1.807) is 11.8 Å². The number of aliphatic carboxylic acids is 1. The molecule has 0 saturated carbocycles.